The first-order chi connectivity index (χ1) is 11.2. The molecule has 1 amide bonds. The zero-order valence-corrected chi connectivity index (χ0v) is 13.2. The van der Waals surface area contributed by atoms with Crippen LogP contribution in [0.3, 0.4) is 0 Å². The predicted molar refractivity (Wildman–Crippen MR) is 89.1 cm³/mol. The standard InChI is InChI=1S/C19H22N2O2/c22-18-7-4-15(5-8-18)13-16-10-12-21(14-16)19(23)9-6-17-3-1-2-11-20-17/h1-5,7-8,11,16,22H,6,9-10,12-14H2. The minimum Gasteiger partial charge on any atom is -0.508 e. The Hall–Kier alpha value is -2.36. The second-order valence-electron chi connectivity index (χ2n) is 6.19. The van der Waals surface area contributed by atoms with Crippen LogP contribution in [-0.2, 0) is 17.6 Å². The molecule has 4 nitrogen and oxygen atoms in total. The number of aromatic hydroxyl groups is 1. The third-order valence-electron chi connectivity index (χ3n) is 4.42. The van der Waals surface area contributed by atoms with Crippen molar-refractivity contribution in [3.8, 4) is 5.75 Å². The van der Waals surface area contributed by atoms with Gasteiger partial charge in [0.25, 0.3) is 0 Å². The Morgan fingerprint density at radius 3 is 2.78 bits per heavy atom. The topological polar surface area (TPSA) is 53.4 Å². The molecule has 1 N–H and O–H groups in total. The number of nitrogens with zero attached hydrogens (tertiary/aromatic N) is 2. The number of likely N-dealkylation sites (tertiary alicyclic amines) is 1. The fourth-order valence-electron chi connectivity index (χ4n) is 3.13. The van der Waals surface area contributed by atoms with Crippen LogP contribution >= 0.6 is 0 Å². The van der Waals surface area contributed by atoms with Gasteiger partial charge < -0.3 is 10.0 Å². The van der Waals surface area contributed by atoms with Crippen LogP contribution in [0.2, 0.25) is 0 Å². The van der Waals surface area contributed by atoms with Gasteiger partial charge in [0, 0.05) is 31.4 Å². The summed E-state index contributed by atoms with van der Waals surface area (Å²) in [4.78, 5) is 18.6. The number of carbonyl (C=O) groups excluding carboxylic acids is 1. The fraction of sp³-hybridized carbons (Fsp3) is 0.368. The molecule has 2 heterocycles. The molecule has 1 aromatic carbocycles. The van der Waals surface area contributed by atoms with Crippen molar-refractivity contribution < 1.29 is 9.90 Å². The number of aryl methyl sites for hydroxylation is 1. The van der Waals surface area contributed by atoms with E-state index in [1.807, 2.05) is 35.2 Å². The van der Waals surface area contributed by atoms with Gasteiger partial charge in [-0.15, -0.1) is 0 Å². The molecule has 0 saturated carbocycles. The Bertz CT molecular complexity index is 640. The van der Waals surface area contributed by atoms with Crippen molar-refractivity contribution in [2.45, 2.75) is 25.7 Å². The van der Waals surface area contributed by atoms with E-state index in [-0.39, 0.29) is 5.91 Å². The third-order valence-corrected chi connectivity index (χ3v) is 4.42. The molecule has 1 aromatic heterocycles. The van der Waals surface area contributed by atoms with Crippen molar-refractivity contribution in [3.05, 3.63) is 59.9 Å². The number of hydrogen-bond acceptors (Lipinski definition) is 3. The van der Waals surface area contributed by atoms with Crippen molar-refractivity contribution in [1.82, 2.24) is 9.88 Å². The highest BCUT2D eigenvalue weighted by atomic mass is 16.3. The van der Waals surface area contributed by atoms with Crippen LogP contribution in [0.25, 0.3) is 0 Å². The minimum atomic E-state index is 0.226. The molecule has 1 atom stereocenters. The molecule has 120 valence electrons. The van der Waals surface area contributed by atoms with Gasteiger partial charge in [0.15, 0.2) is 0 Å². The van der Waals surface area contributed by atoms with Gasteiger partial charge in [-0.3, -0.25) is 9.78 Å². The van der Waals surface area contributed by atoms with E-state index < -0.39 is 0 Å². The van der Waals surface area contributed by atoms with E-state index in [1.54, 1.807) is 18.3 Å². The van der Waals surface area contributed by atoms with Crippen molar-refractivity contribution in [2.24, 2.45) is 5.92 Å². The highest BCUT2D eigenvalue weighted by molar-refractivity contribution is 5.76. The second-order valence-corrected chi connectivity index (χ2v) is 6.19. The summed E-state index contributed by atoms with van der Waals surface area (Å²) in [7, 11) is 0. The van der Waals surface area contributed by atoms with E-state index in [0.29, 0.717) is 24.5 Å². The number of benzene rings is 1. The maximum Gasteiger partial charge on any atom is 0.222 e. The van der Waals surface area contributed by atoms with Crippen LogP contribution < -0.4 is 0 Å². The predicted octanol–water partition coefficient (Wildman–Crippen LogP) is 2.81. The highest BCUT2D eigenvalue weighted by Gasteiger charge is 2.25. The molecular formula is C19H22N2O2. The summed E-state index contributed by atoms with van der Waals surface area (Å²) in [6.45, 7) is 1.69. The summed E-state index contributed by atoms with van der Waals surface area (Å²) in [6.07, 6.45) is 5.02. The molecule has 3 rings (SSSR count). The summed E-state index contributed by atoms with van der Waals surface area (Å²) in [5.41, 5.74) is 2.19. The molecule has 0 aliphatic carbocycles. The lowest BCUT2D eigenvalue weighted by atomic mass is 9.99. The molecule has 4 heteroatoms. The molecule has 0 radical (unpaired) electrons. The highest BCUT2D eigenvalue weighted by Crippen LogP contribution is 2.22. The Kier molecular flexibility index (Phi) is 4.91. The maximum absolute atomic E-state index is 12.3. The maximum atomic E-state index is 12.3. The first kappa shape index (κ1) is 15.5. The van der Waals surface area contributed by atoms with Crippen molar-refractivity contribution in [1.29, 1.82) is 0 Å². The number of pyridine rings is 1. The molecule has 2 aromatic rings. The largest absolute Gasteiger partial charge is 0.508 e. The summed E-state index contributed by atoms with van der Waals surface area (Å²) >= 11 is 0. The Morgan fingerprint density at radius 1 is 1.22 bits per heavy atom. The van der Waals surface area contributed by atoms with Gasteiger partial charge in [0.05, 0.1) is 0 Å². The van der Waals surface area contributed by atoms with E-state index in [9.17, 15) is 9.90 Å². The molecular weight excluding hydrogens is 288 g/mol. The van der Waals surface area contributed by atoms with E-state index in [2.05, 4.69) is 4.98 Å². The number of phenols is 1. The van der Waals surface area contributed by atoms with E-state index in [0.717, 1.165) is 31.6 Å². The molecule has 23 heavy (non-hydrogen) atoms. The summed E-state index contributed by atoms with van der Waals surface area (Å²) in [5, 5.41) is 9.33. The summed E-state index contributed by atoms with van der Waals surface area (Å²) in [5.74, 6) is 1.04. The Balaban J connectivity index is 1.47. The summed E-state index contributed by atoms with van der Waals surface area (Å²) < 4.78 is 0. The number of aromatic nitrogens is 1. The number of amides is 1. The van der Waals surface area contributed by atoms with Crippen molar-refractivity contribution >= 4 is 5.91 Å². The molecule has 1 unspecified atom stereocenters. The normalized spacial score (nSPS) is 17.4. The number of hydrogen-bond donors (Lipinski definition) is 1. The number of carbonyl (C=O) groups is 1. The third kappa shape index (κ3) is 4.31. The SMILES string of the molecule is O=C(CCc1ccccn1)N1CCC(Cc2ccc(O)cc2)C1. The van der Waals surface area contributed by atoms with Crippen molar-refractivity contribution in [2.75, 3.05) is 13.1 Å². The quantitative estimate of drug-likeness (QED) is 0.924. The summed E-state index contributed by atoms with van der Waals surface area (Å²) in [6, 6.07) is 13.2. The zero-order chi connectivity index (χ0) is 16.1. The Morgan fingerprint density at radius 2 is 2.04 bits per heavy atom. The average molecular weight is 310 g/mol. The molecule has 0 bridgehead atoms. The molecule has 0 spiro atoms. The van der Waals surface area contributed by atoms with E-state index >= 15 is 0 Å². The number of phenolic OH excluding ortho intramolecular Hbond substituents is 1. The second kappa shape index (κ2) is 7.27. The van der Waals surface area contributed by atoms with Gasteiger partial charge in [-0.2, -0.15) is 0 Å². The van der Waals surface area contributed by atoms with Crippen LogP contribution in [0.15, 0.2) is 48.7 Å². The van der Waals surface area contributed by atoms with Gasteiger partial charge in [0.2, 0.25) is 5.91 Å². The van der Waals surface area contributed by atoms with Crippen LogP contribution in [0.1, 0.15) is 24.1 Å². The van der Waals surface area contributed by atoms with E-state index in [4.69, 9.17) is 0 Å². The van der Waals surface area contributed by atoms with Crippen LogP contribution in [-0.4, -0.2) is 34.0 Å². The first-order valence-electron chi connectivity index (χ1n) is 8.16. The fourth-order valence-corrected chi connectivity index (χ4v) is 3.13. The number of rotatable bonds is 5. The van der Waals surface area contributed by atoms with Gasteiger partial charge >= 0.3 is 0 Å². The van der Waals surface area contributed by atoms with Crippen LogP contribution in [0.5, 0.6) is 5.75 Å². The molecule has 1 aliphatic heterocycles. The van der Waals surface area contributed by atoms with E-state index in [1.165, 1.54) is 5.56 Å². The first-order valence-corrected chi connectivity index (χ1v) is 8.16. The van der Waals surface area contributed by atoms with Crippen LogP contribution in [0, 0.1) is 5.92 Å². The molecule has 1 aliphatic rings. The Labute approximate surface area is 136 Å². The average Bonchev–Trinajstić information content (AvgIpc) is 3.04. The van der Waals surface area contributed by atoms with Gasteiger partial charge in [-0.1, -0.05) is 18.2 Å². The minimum absolute atomic E-state index is 0.226. The van der Waals surface area contributed by atoms with Gasteiger partial charge in [-0.25, -0.2) is 0 Å². The molecule has 1 fully saturated rings. The van der Waals surface area contributed by atoms with Gasteiger partial charge in [-0.05, 0) is 55.0 Å². The zero-order valence-electron chi connectivity index (χ0n) is 13.2. The van der Waals surface area contributed by atoms with Crippen LogP contribution in [0.4, 0.5) is 0 Å². The lowest BCUT2D eigenvalue weighted by Crippen LogP contribution is -2.29. The monoisotopic (exact) mass is 310 g/mol. The lowest BCUT2D eigenvalue weighted by Gasteiger charge is -2.16. The lowest BCUT2D eigenvalue weighted by molar-refractivity contribution is -0.130. The van der Waals surface area contributed by atoms with Gasteiger partial charge in [0.1, 0.15) is 5.75 Å². The molecule has 1 saturated heterocycles. The smallest absolute Gasteiger partial charge is 0.222 e. The van der Waals surface area contributed by atoms with Crippen molar-refractivity contribution in [3.63, 3.8) is 0 Å².